The highest BCUT2D eigenvalue weighted by molar-refractivity contribution is 6.11. The van der Waals surface area contributed by atoms with E-state index in [4.69, 9.17) is 0 Å². The summed E-state index contributed by atoms with van der Waals surface area (Å²) in [6.07, 6.45) is 11.8. The first-order valence-corrected chi connectivity index (χ1v) is 10.8. The first-order valence-electron chi connectivity index (χ1n) is 10.8. The fraction of sp³-hybridized carbons (Fsp3) is 0.138. The molecule has 30 heavy (non-hydrogen) atoms. The Balaban J connectivity index is 0.000000134. The van der Waals surface area contributed by atoms with Gasteiger partial charge in [-0.25, -0.2) is 0 Å². The van der Waals surface area contributed by atoms with Crippen molar-refractivity contribution < 1.29 is 0 Å². The minimum atomic E-state index is 1.04. The first kappa shape index (κ1) is 18.6. The Kier molecular flexibility index (Phi) is 5.03. The maximum atomic E-state index is 4.40. The van der Waals surface area contributed by atoms with Crippen molar-refractivity contribution in [2.45, 2.75) is 26.2 Å². The average Bonchev–Trinajstić information content (AvgIpc) is 3.01. The van der Waals surface area contributed by atoms with E-state index in [1.54, 1.807) is 0 Å². The molecule has 0 atom stereocenters. The van der Waals surface area contributed by atoms with Crippen LogP contribution in [-0.2, 0) is 12.8 Å². The third kappa shape index (κ3) is 3.48. The number of pyridine rings is 1. The molecule has 0 unspecified atom stereocenters. The van der Waals surface area contributed by atoms with Crippen LogP contribution < -0.4 is 5.22 Å². The van der Waals surface area contributed by atoms with Crippen molar-refractivity contribution in [3.8, 4) is 0 Å². The summed E-state index contributed by atoms with van der Waals surface area (Å²) in [5.74, 6) is 0. The largest absolute Gasteiger partial charge is 0.261 e. The quantitative estimate of drug-likeness (QED) is 0.325. The second-order valence-electron chi connectivity index (χ2n) is 7.91. The molecule has 5 aromatic rings. The lowest BCUT2D eigenvalue weighted by atomic mass is 9.95. The minimum Gasteiger partial charge on any atom is -0.261 e. The van der Waals surface area contributed by atoms with Gasteiger partial charge < -0.3 is 0 Å². The van der Waals surface area contributed by atoms with E-state index in [0.717, 1.165) is 19.3 Å². The molecule has 0 saturated heterocycles. The number of nitrogens with zero attached hydrogens (tertiary/aromatic N) is 1. The molecule has 4 aromatic carbocycles. The smallest absolute Gasteiger partial charge is 0.0409 e. The first-order chi connectivity index (χ1) is 14.8. The van der Waals surface area contributed by atoms with Crippen LogP contribution in [0.4, 0.5) is 0 Å². The highest BCUT2D eigenvalue weighted by atomic mass is 14.7. The fourth-order valence-corrected chi connectivity index (χ4v) is 4.38. The summed E-state index contributed by atoms with van der Waals surface area (Å²) < 4.78 is 0. The molecular weight excluding hydrogens is 362 g/mol. The minimum absolute atomic E-state index is 1.04. The van der Waals surface area contributed by atoms with Crippen LogP contribution in [0.25, 0.3) is 38.4 Å². The highest BCUT2D eigenvalue weighted by Gasteiger charge is 2.07. The molecule has 0 N–H and O–H groups in total. The van der Waals surface area contributed by atoms with Gasteiger partial charge in [0.2, 0.25) is 0 Å². The Bertz CT molecular complexity index is 1410. The van der Waals surface area contributed by atoms with Crippen LogP contribution in [0.2, 0.25) is 0 Å². The van der Waals surface area contributed by atoms with Crippen LogP contribution >= 0.6 is 0 Å². The lowest BCUT2D eigenvalue weighted by molar-refractivity contribution is 0.886. The molecule has 146 valence electrons. The Labute approximate surface area is 177 Å². The van der Waals surface area contributed by atoms with Gasteiger partial charge in [0.15, 0.2) is 0 Å². The molecule has 1 aliphatic rings. The van der Waals surface area contributed by atoms with Crippen molar-refractivity contribution in [3.63, 3.8) is 0 Å². The van der Waals surface area contributed by atoms with E-state index in [1.165, 1.54) is 48.8 Å². The lowest BCUT2D eigenvalue weighted by Crippen LogP contribution is -2.03. The standard InChI is InChI=1S/C17H12.C12H13N/c1-2-5-13-9-11-15-7-3-6-14-10-8-12(4-1)16(13)17(14)15;1-2-5-12-8-10-6-3-4-7-11(10)9-13-12/h1-4,6-11H,5H2;3-4,6-9H,2,5H2,1H3. The van der Waals surface area contributed by atoms with E-state index in [2.05, 4.69) is 96.9 Å². The maximum Gasteiger partial charge on any atom is 0.0409 e. The summed E-state index contributed by atoms with van der Waals surface area (Å²) in [7, 11) is 0. The summed E-state index contributed by atoms with van der Waals surface area (Å²) in [5, 5.41) is 9.41. The zero-order valence-corrected chi connectivity index (χ0v) is 17.3. The molecule has 1 heterocycles. The topological polar surface area (TPSA) is 12.9 Å². The predicted octanol–water partition coefficient (Wildman–Crippen LogP) is 6.79. The van der Waals surface area contributed by atoms with Crippen LogP contribution in [0.5, 0.6) is 0 Å². The van der Waals surface area contributed by atoms with Gasteiger partial charge in [-0.1, -0.05) is 98.3 Å². The third-order valence-electron chi connectivity index (χ3n) is 5.84. The third-order valence-corrected chi connectivity index (χ3v) is 5.84. The van der Waals surface area contributed by atoms with Gasteiger partial charge in [0.25, 0.3) is 0 Å². The van der Waals surface area contributed by atoms with Gasteiger partial charge in [-0.3, -0.25) is 4.98 Å². The summed E-state index contributed by atoms with van der Waals surface area (Å²) in [5.41, 5.74) is 2.63. The number of hydrogen-bond donors (Lipinski definition) is 0. The Morgan fingerprint density at radius 1 is 0.767 bits per heavy atom. The number of hydrogen-bond acceptors (Lipinski definition) is 1. The molecule has 0 radical (unpaired) electrons. The van der Waals surface area contributed by atoms with Gasteiger partial charge in [-0.15, -0.1) is 0 Å². The molecule has 0 fully saturated rings. The van der Waals surface area contributed by atoms with Crippen molar-refractivity contribution >= 4 is 38.4 Å². The van der Waals surface area contributed by atoms with Crippen LogP contribution in [0.15, 0.2) is 91.1 Å². The highest BCUT2D eigenvalue weighted by Crippen LogP contribution is 2.28. The molecule has 0 bridgehead atoms. The summed E-state index contributed by atoms with van der Waals surface area (Å²) >= 11 is 0. The van der Waals surface area contributed by atoms with E-state index >= 15 is 0 Å². The van der Waals surface area contributed by atoms with E-state index in [0.29, 0.717) is 0 Å². The van der Waals surface area contributed by atoms with Gasteiger partial charge in [-0.05, 0) is 56.6 Å². The summed E-state index contributed by atoms with van der Waals surface area (Å²) in [4.78, 5) is 4.40. The second kappa shape index (κ2) is 8.12. The summed E-state index contributed by atoms with van der Waals surface area (Å²) in [6, 6.07) is 26.0. The van der Waals surface area contributed by atoms with Crippen molar-refractivity contribution in [2.24, 2.45) is 0 Å². The van der Waals surface area contributed by atoms with Gasteiger partial charge in [0.1, 0.15) is 0 Å². The molecule has 0 saturated carbocycles. The van der Waals surface area contributed by atoms with Crippen LogP contribution in [0.3, 0.4) is 0 Å². The molecular formula is C29H25N. The number of allylic oxidation sites excluding steroid dienone is 2. The Morgan fingerprint density at radius 3 is 2.37 bits per heavy atom. The Hall–Kier alpha value is -3.45. The van der Waals surface area contributed by atoms with E-state index < -0.39 is 0 Å². The van der Waals surface area contributed by atoms with Gasteiger partial charge in [0, 0.05) is 17.3 Å². The number of aryl methyl sites for hydroxylation is 1. The van der Waals surface area contributed by atoms with Crippen LogP contribution in [-0.4, -0.2) is 4.98 Å². The lowest BCUT2D eigenvalue weighted by Gasteiger charge is -2.09. The monoisotopic (exact) mass is 387 g/mol. The second-order valence-corrected chi connectivity index (χ2v) is 7.91. The van der Waals surface area contributed by atoms with E-state index in [1.807, 2.05) is 12.3 Å². The molecule has 0 spiro atoms. The predicted molar refractivity (Wildman–Crippen MR) is 130 cm³/mol. The normalized spacial score (nSPS) is 12.4. The van der Waals surface area contributed by atoms with Crippen molar-refractivity contribution in [1.29, 1.82) is 0 Å². The maximum absolute atomic E-state index is 4.40. The van der Waals surface area contributed by atoms with Crippen molar-refractivity contribution in [3.05, 3.63) is 108 Å². The number of benzene rings is 4. The zero-order chi connectivity index (χ0) is 20.3. The van der Waals surface area contributed by atoms with E-state index in [-0.39, 0.29) is 0 Å². The van der Waals surface area contributed by atoms with Crippen LogP contribution in [0.1, 0.15) is 24.6 Å². The average molecular weight is 388 g/mol. The Morgan fingerprint density at radius 2 is 1.53 bits per heavy atom. The SMILES string of the molecule is C1=CCc2ccc3cccc4ccc(c2c34)=C1.CCCc1cc2ccccc2cn1. The number of aromatic nitrogens is 1. The molecule has 1 heteroatoms. The molecule has 6 rings (SSSR count). The molecule has 0 aliphatic heterocycles. The van der Waals surface area contributed by atoms with Crippen LogP contribution in [0, 0.1) is 0 Å². The molecule has 1 nitrogen and oxygen atoms in total. The number of fused-ring (bicyclic) bond motifs is 1. The fourth-order valence-electron chi connectivity index (χ4n) is 4.38. The number of rotatable bonds is 2. The molecule has 0 amide bonds. The molecule has 1 aliphatic carbocycles. The molecule has 1 aromatic heterocycles. The van der Waals surface area contributed by atoms with Gasteiger partial charge in [-0.2, -0.15) is 0 Å². The van der Waals surface area contributed by atoms with Gasteiger partial charge >= 0.3 is 0 Å². The van der Waals surface area contributed by atoms with Crippen molar-refractivity contribution in [2.75, 3.05) is 0 Å². The van der Waals surface area contributed by atoms with E-state index in [9.17, 15) is 0 Å². The van der Waals surface area contributed by atoms with Gasteiger partial charge in [0.05, 0.1) is 0 Å². The zero-order valence-electron chi connectivity index (χ0n) is 17.3. The van der Waals surface area contributed by atoms with Crippen molar-refractivity contribution in [1.82, 2.24) is 4.98 Å². The summed E-state index contributed by atoms with van der Waals surface area (Å²) in [6.45, 7) is 2.18.